The Morgan fingerprint density at radius 3 is 3.00 bits per heavy atom. The quantitative estimate of drug-likeness (QED) is 0.636. The van der Waals surface area contributed by atoms with Gasteiger partial charge in [-0.25, -0.2) is 4.39 Å². The molecule has 6 heteroatoms. The van der Waals surface area contributed by atoms with E-state index in [0.717, 1.165) is 25.6 Å². The van der Waals surface area contributed by atoms with Gasteiger partial charge in [0.2, 0.25) is 0 Å². The Hall–Kier alpha value is -1.69. The number of anilines is 1. The second-order valence-electron chi connectivity index (χ2n) is 4.62. The van der Waals surface area contributed by atoms with Gasteiger partial charge in [-0.2, -0.15) is 0 Å². The van der Waals surface area contributed by atoms with Gasteiger partial charge in [-0.15, -0.1) is 0 Å². The highest BCUT2D eigenvalue weighted by Gasteiger charge is 2.19. The number of nitrogens with one attached hydrogen (secondary N) is 2. The number of hydrogen-bond acceptors (Lipinski definition) is 4. The molecule has 1 aromatic carbocycles. The van der Waals surface area contributed by atoms with Crippen LogP contribution in [0.1, 0.15) is 12.0 Å². The first-order valence-electron chi connectivity index (χ1n) is 5.97. The fourth-order valence-electron chi connectivity index (χ4n) is 2.11. The maximum Gasteiger partial charge on any atom is 0.295 e. The first-order valence-corrected chi connectivity index (χ1v) is 5.97. The van der Waals surface area contributed by atoms with Gasteiger partial charge in [0.05, 0.1) is 11.0 Å². The summed E-state index contributed by atoms with van der Waals surface area (Å²) in [6.07, 6.45) is 1.06. The van der Waals surface area contributed by atoms with Crippen LogP contribution in [0.25, 0.3) is 0 Å². The lowest BCUT2D eigenvalue weighted by Gasteiger charge is -2.12. The smallest absolute Gasteiger partial charge is 0.295 e. The van der Waals surface area contributed by atoms with Gasteiger partial charge >= 0.3 is 0 Å². The Labute approximate surface area is 105 Å². The molecule has 1 fully saturated rings. The Morgan fingerprint density at radius 1 is 1.61 bits per heavy atom. The second kappa shape index (κ2) is 5.30. The fraction of sp³-hybridized carbons (Fsp3) is 0.500. The molecule has 1 aliphatic heterocycles. The molecule has 1 atom stereocenters. The van der Waals surface area contributed by atoms with Crippen molar-refractivity contribution in [2.24, 2.45) is 5.92 Å². The molecule has 0 aromatic heterocycles. The van der Waals surface area contributed by atoms with E-state index in [-0.39, 0.29) is 5.69 Å². The molecule has 0 spiro atoms. The fourth-order valence-corrected chi connectivity index (χ4v) is 2.11. The third kappa shape index (κ3) is 2.76. The van der Waals surface area contributed by atoms with Gasteiger partial charge in [0.25, 0.3) is 5.69 Å². The maximum atomic E-state index is 13.3. The molecule has 1 saturated heterocycles. The number of benzene rings is 1. The lowest BCUT2D eigenvalue weighted by Crippen LogP contribution is -2.17. The molecule has 2 rings (SSSR count). The van der Waals surface area contributed by atoms with Crippen LogP contribution >= 0.6 is 0 Å². The molecular weight excluding hydrogens is 237 g/mol. The van der Waals surface area contributed by atoms with Crippen LogP contribution in [0.15, 0.2) is 12.1 Å². The summed E-state index contributed by atoms with van der Waals surface area (Å²) in [4.78, 5) is 10.3. The van der Waals surface area contributed by atoms with Crippen molar-refractivity contribution in [3.05, 3.63) is 33.6 Å². The minimum absolute atomic E-state index is 0.205. The Morgan fingerprint density at radius 2 is 2.39 bits per heavy atom. The van der Waals surface area contributed by atoms with E-state index in [4.69, 9.17) is 0 Å². The minimum Gasteiger partial charge on any atom is -0.379 e. The number of rotatable bonds is 4. The maximum absolute atomic E-state index is 13.3. The number of aryl methyl sites for hydroxylation is 1. The van der Waals surface area contributed by atoms with Crippen molar-refractivity contribution in [2.75, 3.05) is 25.0 Å². The van der Waals surface area contributed by atoms with Crippen molar-refractivity contribution in [3.8, 4) is 0 Å². The highest BCUT2D eigenvalue weighted by Crippen LogP contribution is 2.27. The van der Waals surface area contributed by atoms with Crippen LogP contribution in [0.5, 0.6) is 0 Å². The first kappa shape index (κ1) is 12.8. The zero-order chi connectivity index (χ0) is 13.1. The van der Waals surface area contributed by atoms with Crippen LogP contribution in [-0.2, 0) is 0 Å². The molecular formula is C12H16FN3O2. The van der Waals surface area contributed by atoms with Gasteiger partial charge in [-0.1, -0.05) is 0 Å². The van der Waals surface area contributed by atoms with Crippen LogP contribution < -0.4 is 10.6 Å². The number of halogens is 1. The number of nitrogens with zero attached hydrogens (tertiary/aromatic N) is 1. The van der Waals surface area contributed by atoms with E-state index in [1.807, 2.05) is 0 Å². The van der Waals surface area contributed by atoms with E-state index in [2.05, 4.69) is 10.6 Å². The molecule has 0 amide bonds. The molecule has 1 unspecified atom stereocenters. The predicted molar refractivity (Wildman–Crippen MR) is 67.3 cm³/mol. The Bertz CT molecular complexity index is 459. The average Bonchev–Trinajstić information content (AvgIpc) is 2.83. The summed E-state index contributed by atoms with van der Waals surface area (Å²) in [5, 5.41) is 17.2. The summed E-state index contributed by atoms with van der Waals surface area (Å²) in [5.74, 6) is -0.0789. The standard InChI is InChI=1S/C12H16FN3O2/c1-8-4-11(12(16(17)18)5-10(8)13)15-7-9-2-3-14-6-9/h4-5,9,14-15H,2-3,6-7H2,1H3. The zero-order valence-corrected chi connectivity index (χ0v) is 10.2. The molecule has 0 saturated carbocycles. The normalized spacial score (nSPS) is 18.9. The second-order valence-corrected chi connectivity index (χ2v) is 4.62. The summed E-state index contributed by atoms with van der Waals surface area (Å²) < 4.78 is 13.3. The van der Waals surface area contributed by atoms with Crippen LogP contribution in [0.2, 0.25) is 0 Å². The summed E-state index contributed by atoms with van der Waals surface area (Å²) in [6, 6.07) is 2.47. The summed E-state index contributed by atoms with van der Waals surface area (Å²) in [6.45, 7) is 4.16. The van der Waals surface area contributed by atoms with Gasteiger partial charge in [-0.05, 0) is 44.0 Å². The first-order chi connectivity index (χ1) is 8.58. The van der Waals surface area contributed by atoms with Gasteiger partial charge in [0, 0.05) is 6.54 Å². The lowest BCUT2D eigenvalue weighted by atomic mass is 10.1. The van der Waals surface area contributed by atoms with Gasteiger partial charge in [-0.3, -0.25) is 10.1 Å². The Kier molecular flexibility index (Phi) is 3.76. The van der Waals surface area contributed by atoms with E-state index < -0.39 is 10.7 Å². The number of nitro benzene ring substituents is 1. The molecule has 0 bridgehead atoms. The molecule has 0 aliphatic carbocycles. The monoisotopic (exact) mass is 253 g/mol. The molecule has 5 nitrogen and oxygen atoms in total. The van der Waals surface area contributed by atoms with Crippen LogP contribution in [-0.4, -0.2) is 24.6 Å². The van der Waals surface area contributed by atoms with Crippen LogP contribution in [0.4, 0.5) is 15.8 Å². The van der Waals surface area contributed by atoms with Gasteiger partial charge in [0.1, 0.15) is 11.5 Å². The van der Waals surface area contributed by atoms with E-state index in [1.165, 1.54) is 6.07 Å². The number of hydrogen-bond donors (Lipinski definition) is 2. The van der Waals surface area contributed by atoms with Crippen LogP contribution in [0, 0.1) is 28.8 Å². The van der Waals surface area contributed by atoms with Crippen LogP contribution in [0.3, 0.4) is 0 Å². The Balaban J connectivity index is 2.14. The molecule has 18 heavy (non-hydrogen) atoms. The molecule has 98 valence electrons. The molecule has 2 N–H and O–H groups in total. The highest BCUT2D eigenvalue weighted by molar-refractivity contribution is 5.63. The van der Waals surface area contributed by atoms with E-state index in [9.17, 15) is 14.5 Å². The van der Waals surface area contributed by atoms with Crippen molar-refractivity contribution in [1.29, 1.82) is 0 Å². The van der Waals surface area contributed by atoms with Crippen molar-refractivity contribution < 1.29 is 9.31 Å². The third-order valence-corrected chi connectivity index (χ3v) is 3.22. The van der Waals surface area contributed by atoms with Crippen molar-refractivity contribution >= 4 is 11.4 Å². The molecule has 1 aromatic rings. The largest absolute Gasteiger partial charge is 0.379 e. The molecule has 0 radical (unpaired) electrons. The number of nitro groups is 1. The van der Waals surface area contributed by atoms with E-state index in [0.29, 0.717) is 23.7 Å². The topological polar surface area (TPSA) is 67.2 Å². The molecule has 1 heterocycles. The van der Waals surface area contributed by atoms with Gasteiger partial charge in [0.15, 0.2) is 0 Å². The minimum atomic E-state index is -0.558. The predicted octanol–water partition coefficient (Wildman–Crippen LogP) is 2.06. The van der Waals surface area contributed by atoms with Crippen molar-refractivity contribution in [1.82, 2.24) is 5.32 Å². The van der Waals surface area contributed by atoms with Crippen molar-refractivity contribution in [2.45, 2.75) is 13.3 Å². The van der Waals surface area contributed by atoms with Crippen molar-refractivity contribution in [3.63, 3.8) is 0 Å². The lowest BCUT2D eigenvalue weighted by molar-refractivity contribution is -0.384. The third-order valence-electron chi connectivity index (χ3n) is 3.22. The summed E-state index contributed by atoms with van der Waals surface area (Å²) in [7, 11) is 0. The summed E-state index contributed by atoms with van der Waals surface area (Å²) in [5.41, 5.74) is 0.600. The SMILES string of the molecule is Cc1cc(NCC2CCNC2)c([N+](=O)[O-])cc1F. The highest BCUT2D eigenvalue weighted by atomic mass is 19.1. The average molecular weight is 253 g/mol. The van der Waals surface area contributed by atoms with Gasteiger partial charge < -0.3 is 10.6 Å². The summed E-state index contributed by atoms with van der Waals surface area (Å²) >= 11 is 0. The van der Waals surface area contributed by atoms with E-state index in [1.54, 1.807) is 6.92 Å². The molecule has 1 aliphatic rings. The van der Waals surface area contributed by atoms with E-state index >= 15 is 0 Å². The zero-order valence-electron chi connectivity index (χ0n) is 10.2.